The fraction of sp³-hybridized carbons (Fsp3) is 0.818. The lowest BCUT2D eigenvalue weighted by Gasteiger charge is -2.41. The lowest BCUT2D eigenvalue weighted by atomic mass is 9.97. The van der Waals surface area contributed by atoms with Crippen molar-refractivity contribution in [2.75, 3.05) is 13.1 Å². The Morgan fingerprint density at radius 2 is 2.13 bits per heavy atom. The predicted octanol–water partition coefficient (Wildman–Crippen LogP) is 0.769. The van der Waals surface area contributed by atoms with Crippen LogP contribution in [0.3, 0.4) is 0 Å². The quantitative estimate of drug-likeness (QED) is 0.735. The van der Waals surface area contributed by atoms with Gasteiger partial charge < -0.3 is 10.2 Å². The first-order valence-electron chi connectivity index (χ1n) is 5.44. The number of nitrogens with one attached hydrogen (secondary N) is 1. The SMILES string of the molecule is CC(C)CC(=O)N1CCNC(=O)C1(C)C. The van der Waals surface area contributed by atoms with Crippen LogP contribution in [0.15, 0.2) is 0 Å². The molecule has 1 fully saturated rings. The Morgan fingerprint density at radius 3 is 2.67 bits per heavy atom. The summed E-state index contributed by atoms with van der Waals surface area (Å²) in [6, 6.07) is 0. The lowest BCUT2D eigenvalue weighted by molar-refractivity contribution is -0.149. The second-order valence-electron chi connectivity index (χ2n) is 4.96. The molecular weight excluding hydrogens is 192 g/mol. The molecule has 4 heteroatoms. The van der Waals surface area contributed by atoms with Gasteiger partial charge in [-0.2, -0.15) is 0 Å². The number of amides is 2. The van der Waals surface area contributed by atoms with Crippen LogP contribution >= 0.6 is 0 Å². The first-order valence-corrected chi connectivity index (χ1v) is 5.44. The molecule has 0 aromatic carbocycles. The Bertz CT molecular complexity index is 272. The Labute approximate surface area is 91.0 Å². The monoisotopic (exact) mass is 212 g/mol. The largest absolute Gasteiger partial charge is 0.352 e. The fourth-order valence-electron chi connectivity index (χ4n) is 1.80. The van der Waals surface area contributed by atoms with Crippen molar-refractivity contribution < 1.29 is 9.59 Å². The summed E-state index contributed by atoms with van der Waals surface area (Å²) in [6.45, 7) is 8.78. The minimum Gasteiger partial charge on any atom is -0.352 e. The first kappa shape index (κ1) is 12.0. The zero-order chi connectivity index (χ0) is 11.6. The molecule has 1 aliphatic heterocycles. The van der Waals surface area contributed by atoms with Crippen molar-refractivity contribution in [3.05, 3.63) is 0 Å². The molecule has 4 nitrogen and oxygen atoms in total. The molecule has 0 bridgehead atoms. The molecule has 0 aromatic heterocycles. The normalized spacial score (nSPS) is 20.3. The van der Waals surface area contributed by atoms with Crippen LogP contribution in [0, 0.1) is 5.92 Å². The van der Waals surface area contributed by atoms with E-state index < -0.39 is 5.54 Å². The predicted molar refractivity (Wildman–Crippen MR) is 58.3 cm³/mol. The van der Waals surface area contributed by atoms with E-state index in [1.807, 2.05) is 13.8 Å². The first-order chi connectivity index (χ1) is 6.85. The molecule has 0 aliphatic carbocycles. The van der Waals surface area contributed by atoms with E-state index in [1.54, 1.807) is 18.7 Å². The molecular formula is C11H20N2O2. The number of nitrogens with zero attached hydrogens (tertiary/aromatic N) is 1. The highest BCUT2D eigenvalue weighted by molar-refractivity contribution is 5.91. The molecule has 0 spiro atoms. The standard InChI is InChI=1S/C11H20N2O2/c1-8(2)7-9(14)13-6-5-12-10(15)11(13,3)4/h8H,5-7H2,1-4H3,(H,12,15). The van der Waals surface area contributed by atoms with Crippen LogP contribution in [0.2, 0.25) is 0 Å². The zero-order valence-electron chi connectivity index (χ0n) is 9.96. The molecule has 1 rings (SSSR count). The summed E-state index contributed by atoms with van der Waals surface area (Å²) in [5.74, 6) is 0.342. The zero-order valence-corrected chi connectivity index (χ0v) is 9.96. The molecule has 15 heavy (non-hydrogen) atoms. The minimum absolute atomic E-state index is 0.0640. The fourth-order valence-corrected chi connectivity index (χ4v) is 1.80. The van der Waals surface area contributed by atoms with E-state index >= 15 is 0 Å². The molecule has 0 saturated carbocycles. The van der Waals surface area contributed by atoms with E-state index in [-0.39, 0.29) is 11.8 Å². The summed E-state index contributed by atoms with van der Waals surface area (Å²) in [5.41, 5.74) is -0.704. The summed E-state index contributed by atoms with van der Waals surface area (Å²) >= 11 is 0. The van der Waals surface area contributed by atoms with Crippen LogP contribution in [0.25, 0.3) is 0 Å². The third kappa shape index (κ3) is 2.49. The van der Waals surface area contributed by atoms with Crippen molar-refractivity contribution in [2.45, 2.75) is 39.7 Å². The molecule has 0 radical (unpaired) electrons. The van der Waals surface area contributed by atoms with Gasteiger partial charge in [0.1, 0.15) is 5.54 Å². The Hall–Kier alpha value is -1.06. The summed E-state index contributed by atoms with van der Waals surface area (Å²) in [7, 11) is 0. The third-order valence-corrected chi connectivity index (χ3v) is 2.74. The second-order valence-corrected chi connectivity index (χ2v) is 4.96. The smallest absolute Gasteiger partial charge is 0.245 e. The van der Waals surface area contributed by atoms with Gasteiger partial charge in [-0.15, -0.1) is 0 Å². The van der Waals surface area contributed by atoms with E-state index in [0.717, 1.165) is 0 Å². The van der Waals surface area contributed by atoms with Crippen LogP contribution < -0.4 is 5.32 Å². The Morgan fingerprint density at radius 1 is 1.53 bits per heavy atom. The lowest BCUT2D eigenvalue weighted by Crippen LogP contribution is -2.63. The molecule has 1 saturated heterocycles. The maximum Gasteiger partial charge on any atom is 0.245 e. The van der Waals surface area contributed by atoms with E-state index in [4.69, 9.17) is 0 Å². The molecule has 0 unspecified atom stereocenters. The van der Waals surface area contributed by atoms with Gasteiger partial charge in [0.25, 0.3) is 0 Å². The van der Waals surface area contributed by atoms with Gasteiger partial charge in [-0.25, -0.2) is 0 Å². The van der Waals surface area contributed by atoms with Crippen LogP contribution in [0.5, 0.6) is 0 Å². The molecule has 86 valence electrons. The van der Waals surface area contributed by atoms with Crippen molar-refractivity contribution in [3.8, 4) is 0 Å². The average molecular weight is 212 g/mol. The average Bonchev–Trinajstić information content (AvgIpc) is 2.08. The van der Waals surface area contributed by atoms with Gasteiger partial charge >= 0.3 is 0 Å². The number of carbonyl (C=O) groups excluding carboxylic acids is 2. The molecule has 0 aromatic rings. The van der Waals surface area contributed by atoms with Crippen LogP contribution in [0.4, 0.5) is 0 Å². The van der Waals surface area contributed by atoms with Gasteiger partial charge in [0.05, 0.1) is 0 Å². The van der Waals surface area contributed by atoms with Crippen molar-refractivity contribution in [3.63, 3.8) is 0 Å². The van der Waals surface area contributed by atoms with Crippen LogP contribution in [-0.4, -0.2) is 35.3 Å². The maximum atomic E-state index is 11.9. The summed E-state index contributed by atoms with van der Waals surface area (Å²) in [6.07, 6.45) is 0.511. The van der Waals surface area contributed by atoms with Crippen molar-refractivity contribution in [2.24, 2.45) is 5.92 Å². The van der Waals surface area contributed by atoms with E-state index in [9.17, 15) is 9.59 Å². The summed E-state index contributed by atoms with van der Waals surface area (Å²) in [4.78, 5) is 25.2. The highest BCUT2D eigenvalue weighted by atomic mass is 16.2. The summed E-state index contributed by atoms with van der Waals surface area (Å²) < 4.78 is 0. The molecule has 0 atom stereocenters. The Balaban J connectivity index is 2.75. The van der Waals surface area contributed by atoms with Crippen molar-refractivity contribution in [1.29, 1.82) is 0 Å². The van der Waals surface area contributed by atoms with Gasteiger partial charge in [-0.1, -0.05) is 13.8 Å². The van der Waals surface area contributed by atoms with Gasteiger partial charge in [0.2, 0.25) is 11.8 Å². The number of hydrogen-bond donors (Lipinski definition) is 1. The highest BCUT2D eigenvalue weighted by Gasteiger charge is 2.40. The van der Waals surface area contributed by atoms with Gasteiger partial charge in [-0.05, 0) is 19.8 Å². The van der Waals surface area contributed by atoms with E-state index in [1.165, 1.54) is 0 Å². The summed E-state index contributed by atoms with van der Waals surface area (Å²) in [5, 5.41) is 2.78. The topological polar surface area (TPSA) is 49.4 Å². The number of carbonyl (C=O) groups is 2. The van der Waals surface area contributed by atoms with Crippen molar-refractivity contribution in [1.82, 2.24) is 10.2 Å². The second kappa shape index (κ2) is 4.21. The maximum absolute atomic E-state index is 11.9. The molecule has 1 N–H and O–H groups in total. The third-order valence-electron chi connectivity index (χ3n) is 2.74. The molecule has 2 amide bonds. The van der Waals surface area contributed by atoms with E-state index in [2.05, 4.69) is 5.32 Å². The van der Waals surface area contributed by atoms with Gasteiger partial charge in [0.15, 0.2) is 0 Å². The number of hydrogen-bond acceptors (Lipinski definition) is 2. The van der Waals surface area contributed by atoms with Crippen LogP contribution in [0.1, 0.15) is 34.1 Å². The molecule has 1 heterocycles. The van der Waals surface area contributed by atoms with Gasteiger partial charge in [0, 0.05) is 19.5 Å². The van der Waals surface area contributed by atoms with Crippen molar-refractivity contribution >= 4 is 11.8 Å². The van der Waals surface area contributed by atoms with Crippen LogP contribution in [-0.2, 0) is 9.59 Å². The van der Waals surface area contributed by atoms with Gasteiger partial charge in [-0.3, -0.25) is 9.59 Å². The van der Waals surface area contributed by atoms with E-state index in [0.29, 0.717) is 25.4 Å². The molecule has 1 aliphatic rings. The minimum atomic E-state index is -0.704. The number of piperazine rings is 1. The Kier molecular flexibility index (Phi) is 3.37. The highest BCUT2D eigenvalue weighted by Crippen LogP contribution is 2.19. The number of rotatable bonds is 2.